The second-order valence-electron chi connectivity index (χ2n) is 14.1. The highest BCUT2D eigenvalue weighted by atomic mass is 16.3. The molecule has 0 atom stereocenters. The van der Waals surface area contributed by atoms with E-state index in [0.717, 1.165) is 95.6 Å². The van der Waals surface area contributed by atoms with Crippen molar-refractivity contribution in [2.45, 2.75) is 12.8 Å². The van der Waals surface area contributed by atoms with Crippen molar-refractivity contribution < 1.29 is 4.42 Å². The van der Waals surface area contributed by atoms with Crippen LogP contribution in [-0.2, 0) is 6.42 Å². The lowest BCUT2D eigenvalue weighted by Gasteiger charge is -2.29. The summed E-state index contributed by atoms with van der Waals surface area (Å²) in [7, 11) is 0. The summed E-state index contributed by atoms with van der Waals surface area (Å²) in [4.78, 5) is 2.37. The normalized spacial score (nSPS) is 12.8. The minimum atomic E-state index is 0.888. The van der Waals surface area contributed by atoms with Crippen LogP contribution in [0.4, 0.5) is 17.1 Å². The van der Waals surface area contributed by atoms with Crippen molar-refractivity contribution in [1.82, 2.24) is 4.57 Å². The fraction of sp³-hybridized carbons (Fsp3) is 0.0385. The fourth-order valence-corrected chi connectivity index (χ4v) is 8.42. The topological polar surface area (TPSA) is 21.3 Å². The van der Waals surface area contributed by atoms with Gasteiger partial charge in [-0.25, -0.2) is 0 Å². The predicted octanol–water partition coefficient (Wildman–Crippen LogP) is 12.7. The maximum Gasteiger partial charge on any atom is 0.143 e. The number of hydrogen-bond acceptors (Lipinski definition) is 2. The Balaban J connectivity index is 1.04. The van der Waals surface area contributed by atoms with Crippen LogP contribution in [0.2, 0.25) is 0 Å². The molecule has 262 valence electrons. The van der Waals surface area contributed by atoms with Gasteiger partial charge in [0.05, 0.1) is 11.2 Å². The van der Waals surface area contributed by atoms with E-state index in [1.807, 2.05) is 12.2 Å². The number of hydrogen-bond donors (Lipinski definition) is 0. The third-order valence-corrected chi connectivity index (χ3v) is 11.0. The monoisotopic (exact) mass is 706 g/mol. The first-order chi connectivity index (χ1) is 27.2. The molecule has 10 rings (SSSR count). The zero-order valence-electron chi connectivity index (χ0n) is 30.5. The van der Waals surface area contributed by atoms with E-state index in [4.69, 9.17) is 4.42 Å². The van der Waals surface area contributed by atoms with Crippen molar-refractivity contribution in [2.75, 3.05) is 4.90 Å². The largest absolute Gasteiger partial charge is 0.455 e. The summed E-state index contributed by atoms with van der Waals surface area (Å²) in [5.74, 6) is 0. The molecule has 1 aliphatic rings. The van der Waals surface area contributed by atoms with Gasteiger partial charge in [-0.1, -0.05) is 147 Å². The SMILES string of the molecule is C=C/C=c1\c(=C)n(-c2ccc(-c3cccc4c3oc3c(-c5ccc(N(c6ccccc6)c6cccc7c6C=CCC7)cc5)cccc34)cc2)c2ccccc12. The third kappa shape index (κ3) is 5.43. The lowest BCUT2D eigenvalue weighted by atomic mass is 9.95. The summed E-state index contributed by atoms with van der Waals surface area (Å²) in [5.41, 5.74) is 14.4. The molecule has 0 saturated heterocycles. The highest BCUT2D eigenvalue weighted by molar-refractivity contribution is 6.13. The number of rotatable bonds is 7. The minimum absolute atomic E-state index is 0.888. The molecule has 0 spiro atoms. The number of anilines is 3. The smallest absolute Gasteiger partial charge is 0.143 e. The average Bonchev–Trinajstić information content (AvgIpc) is 3.76. The van der Waals surface area contributed by atoms with Gasteiger partial charge in [-0.3, -0.25) is 0 Å². The van der Waals surface area contributed by atoms with Crippen molar-refractivity contribution in [2.24, 2.45) is 0 Å². The van der Waals surface area contributed by atoms with E-state index in [0.29, 0.717) is 0 Å². The van der Waals surface area contributed by atoms with Gasteiger partial charge in [0, 0.05) is 60.5 Å². The van der Waals surface area contributed by atoms with Crippen LogP contribution in [0.5, 0.6) is 0 Å². The highest BCUT2D eigenvalue weighted by Crippen LogP contribution is 2.43. The standard InChI is InChI=1S/C52H38N2O/c1-3-14-42-35(2)53(50-25-10-9-20-46(42)50)40-31-27-37(28-32-40)44-21-12-23-47-48-24-13-22-45(52(48)55-51(44)47)38-29-33-41(34-30-38)54(39-17-5-4-6-18-39)49-26-11-16-36-15-7-8-19-43(36)49/h3-6,8-14,16-34H,1-2,7,15H2/b42-14+. The lowest BCUT2D eigenvalue weighted by Crippen LogP contribution is -2.26. The lowest BCUT2D eigenvalue weighted by molar-refractivity contribution is 0.671. The summed E-state index contributed by atoms with van der Waals surface area (Å²) >= 11 is 0. The molecule has 3 heteroatoms. The second kappa shape index (κ2) is 13.4. The van der Waals surface area contributed by atoms with Crippen molar-refractivity contribution in [3.05, 3.63) is 198 Å². The van der Waals surface area contributed by atoms with E-state index in [1.54, 1.807) is 0 Å². The molecule has 2 aromatic heterocycles. The molecule has 0 N–H and O–H groups in total. The van der Waals surface area contributed by atoms with Crippen LogP contribution < -0.4 is 15.5 Å². The Hall–Kier alpha value is -7.10. The number of aryl methyl sites for hydroxylation is 1. The molecule has 9 aromatic rings. The van der Waals surface area contributed by atoms with Gasteiger partial charge in [-0.15, -0.1) is 0 Å². The number of furan rings is 1. The summed E-state index contributed by atoms with van der Waals surface area (Å²) in [6.07, 6.45) is 10.6. The van der Waals surface area contributed by atoms with Crippen LogP contribution in [0.1, 0.15) is 17.5 Å². The van der Waals surface area contributed by atoms with Gasteiger partial charge < -0.3 is 13.9 Å². The molecule has 0 bridgehead atoms. The van der Waals surface area contributed by atoms with Gasteiger partial charge in [0.2, 0.25) is 0 Å². The zero-order chi connectivity index (χ0) is 36.9. The second-order valence-corrected chi connectivity index (χ2v) is 14.1. The minimum Gasteiger partial charge on any atom is -0.455 e. The van der Waals surface area contributed by atoms with E-state index in [1.165, 1.54) is 16.8 Å². The Kier molecular flexibility index (Phi) is 7.92. The van der Waals surface area contributed by atoms with Crippen LogP contribution in [0.15, 0.2) is 181 Å². The number of allylic oxidation sites excluding steroid dienone is 2. The van der Waals surface area contributed by atoms with Crippen molar-refractivity contribution in [1.29, 1.82) is 0 Å². The van der Waals surface area contributed by atoms with Gasteiger partial charge >= 0.3 is 0 Å². The van der Waals surface area contributed by atoms with Crippen molar-refractivity contribution in [3.63, 3.8) is 0 Å². The van der Waals surface area contributed by atoms with E-state index >= 15 is 0 Å². The van der Waals surface area contributed by atoms with Gasteiger partial charge in [-0.05, 0) is 78.1 Å². The maximum absolute atomic E-state index is 6.88. The molecule has 2 heterocycles. The molecule has 0 radical (unpaired) electrons. The van der Waals surface area contributed by atoms with Crippen LogP contribution in [0.25, 0.3) is 79.5 Å². The van der Waals surface area contributed by atoms with Gasteiger partial charge in [-0.2, -0.15) is 0 Å². The first-order valence-electron chi connectivity index (χ1n) is 18.9. The summed E-state index contributed by atoms with van der Waals surface area (Å²) in [5, 5.41) is 5.41. The first-order valence-corrected chi connectivity index (χ1v) is 18.9. The Morgan fingerprint density at radius 2 is 1.22 bits per heavy atom. The number of nitrogens with zero attached hydrogens (tertiary/aromatic N) is 2. The highest BCUT2D eigenvalue weighted by Gasteiger charge is 2.20. The molecule has 3 nitrogen and oxygen atoms in total. The Morgan fingerprint density at radius 3 is 1.93 bits per heavy atom. The van der Waals surface area contributed by atoms with Gasteiger partial charge in [0.25, 0.3) is 0 Å². The average molecular weight is 707 g/mol. The fourth-order valence-electron chi connectivity index (χ4n) is 8.42. The van der Waals surface area contributed by atoms with Gasteiger partial charge in [0.1, 0.15) is 11.2 Å². The quantitative estimate of drug-likeness (QED) is 0.165. The molecule has 0 saturated carbocycles. The van der Waals surface area contributed by atoms with Crippen LogP contribution in [0, 0.1) is 0 Å². The molecule has 0 fully saturated rings. The Labute approximate surface area is 320 Å². The van der Waals surface area contributed by atoms with E-state index < -0.39 is 0 Å². The number of para-hydroxylation sites is 4. The molecule has 0 unspecified atom stereocenters. The van der Waals surface area contributed by atoms with E-state index in [9.17, 15) is 0 Å². The number of benzene rings is 7. The van der Waals surface area contributed by atoms with Crippen LogP contribution >= 0.6 is 0 Å². The number of aromatic nitrogens is 1. The van der Waals surface area contributed by atoms with Gasteiger partial charge in [0.15, 0.2) is 0 Å². The molecular weight excluding hydrogens is 669 g/mol. The molecular formula is C52H38N2O. The molecule has 55 heavy (non-hydrogen) atoms. The van der Waals surface area contributed by atoms with Crippen molar-refractivity contribution >= 4 is 68.6 Å². The summed E-state index contributed by atoms with van der Waals surface area (Å²) in [6, 6.07) is 56.2. The molecule has 0 amide bonds. The van der Waals surface area contributed by atoms with Crippen molar-refractivity contribution in [3.8, 4) is 27.9 Å². The molecule has 7 aromatic carbocycles. The maximum atomic E-state index is 6.88. The third-order valence-electron chi connectivity index (χ3n) is 11.0. The zero-order valence-corrected chi connectivity index (χ0v) is 30.5. The number of fused-ring (bicyclic) bond motifs is 5. The van der Waals surface area contributed by atoms with E-state index in [2.05, 4.69) is 193 Å². The van der Waals surface area contributed by atoms with E-state index in [-0.39, 0.29) is 0 Å². The summed E-state index contributed by atoms with van der Waals surface area (Å²) < 4.78 is 9.10. The summed E-state index contributed by atoms with van der Waals surface area (Å²) in [6.45, 7) is 8.38. The Bertz CT molecular complexity index is 3050. The van der Waals surface area contributed by atoms with Crippen LogP contribution in [-0.4, -0.2) is 4.57 Å². The molecule has 0 aliphatic heterocycles. The predicted molar refractivity (Wildman–Crippen MR) is 233 cm³/mol. The molecule has 1 aliphatic carbocycles. The Morgan fingerprint density at radius 1 is 0.600 bits per heavy atom. The first kappa shape index (κ1) is 32.5. The van der Waals surface area contributed by atoms with Crippen LogP contribution in [0.3, 0.4) is 0 Å².